The lowest BCUT2D eigenvalue weighted by atomic mass is 10.2. The number of nitrogens with zero attached hydrogens (tertiary/aromatic N) is 2. The molecule has 1 rings (SSSR count). The molecular formula is C12H16N4O2S. The van der Waals surface area contributed by atoms with Gasteiger partial charge in [0.25, 0.3) is 10.0 Å². The van der Waals surface area contributed by atoms with Crippen LogP contribution in [0, 0.1) is 18.4 Å². The highest BCUT2D eigenvalue weighted by atomic mass is 32.2. The Bertz CT molecular complexity index is 598. The van der Waals surface area contributed by atoms with Gasteiger partial charge in [-0.15, -0.1) is 0 Å². The Morgan fingerprint density at radius 1 is 1.32 bits per heavy atom. The monoisotopic (exact) mass is 280 g/mol. The number of aryl methyl sites for hydroxylation is 1. The average Bonchev–Trinajstić information content (AvgIpc) is 2.28. The van der Waals surface area contributed by atoms with E-state index < -0.39 is 10.0 Å². The number of nitrogens with one attached hydrogen (secondary N) is 2. The van der Waals surface area contributed by atoms with Gasteiger partial charge in [0.05, 0.1) is 4.90 Å². The molecule has 0 unspecified atom stereocenters. The third-order valence-corrected chi connectivity index (χ3v) is 3.48. The molecule has 1 aromatic carbocycles. The van der Waals surface area contributed by atoms with Gasteiger partial charge in [-0.25, -0.2) is 18.1 Å². The molecule has 0 radical (unpaired) electrons. The molecule has 0 aliphatic heterocycles. The fourth-order valence-electron chi connectivity index (χ4n) is 1.30. The fraction of sp³-hybridized carbons (Fsp3) is 0.333. The van der Waals surface area contributed by atoms with E-state index in [1.807, 2.05) is 6.92 Å². The fourth-order valence-corrected chi connectivity index (χ4v) is 2.27. The van der Waals surface area contributed by atoms with Crippen molar-refractivity contribution < 1.29 is 8.42 Å². The van der Waals surface area contributed by atoms with Gasteiger partial charge in [0.1, 0.15) is 0 Å². The van der Waals surface area contributed by atoms with Crippen LogP contribution in [-0.4, -0.2) is 20.4 Å². The van der Waals surface area contributed by atoms with Crippen LogP contribution < -0.4 is 10.0 Å². The van der Waals surface area contributed by atoms with Gasteiger partial charge >= 0.3 is 0 Å². The van der Waals surface area contributed by atoms with Crippen molar-refractivity contribution in [3.8, 4) is 6.19 Å². The van der Waals surface area contributed by atoms with E-state index in [1.54, 1.807) is 32.2 Å². The lowest BCUT2D eigenvalue weighted by molar-refractivity contribution is 0.591. The molecule has 0 bridgehead atoms. The molecule has 2 N–H and O–H groups in total. The van der Waals surface area contributed by atoms with Gasteiger partial charge in [-0.3, -0.25) is 5.32 Å². The highest BCUT2D eigenvalue weighted by Gasteiger charge is 2.16. The number of hydrogen-bond acceptors (Lipinski definition) is 4. The molecule has 102 valence electrons. The van der Waals surface area contributed by atoms with Crippen LogP contribution in [0.2, 0.25) is 0 Å². The minimum Gasteiger partial charge on any atom is -0.262 e. The van der Waals surface area contributed by atoms with Gasteiger partial charge in [0, 0.05) is 6.04 Å². The Kier molecular flexibility index (Phi) is 4.89. The molecule has 0 aromatic heterocycles. The Morgan fingerprint density at radius 3 is 2.37 bits per heavy atom. The molecule has 0 aliphatic carbocycles. The van der Waals surface area contributed by atoms with Crippen LogP contribution in [0.5, 0.6) is 0 Å². The number of hydrogen-bond donors (Lipinski definition) is 2. The van der Waals surface area contributed by atoms with Gasteiger partial charge in [0.15, 0.2) is 6.19 Å². The summed E-state index contributed by atoms with van der Waals surface area (Å²) in [6.45, 7) is 5.42. The topological polar surface area (TPSA) is 94.3 Å². The minimum atomic E-state index is -3.74. The van der Waals surface area contributed by atoms with Crippen molar-refractivity contribution in [3.05, 3.63) is 29.8 Å². The first kappa shape index (κ1) is 15.0. The molecule has 0 aliphatic rings. The summed E-state index contributed by atoms with van der Waals surface area (Å²) in [5.41, 5.74) is 0.963. The summed E-state index contributed by atoms with van der Waals surface area (Å²) in [6.07, 6.45) is 1.65. The molecule has 19 heavy (non-hydrogen) atoms. The molecule has 1 aromatic rings. The molecule has 0 amide bonds. The van der Waals surface area contributed by atoms with E-state index >= 15 is 0 Å². The lowest BCUT2D eigenvalue weighted by Crippen LogP contribution is -2.39. The smallest absolute Gasteiger partial charge is 0.262 e. The van der Waals surface area contributed by atoms with Crippen LogP contribution in [0.25, 0.3) is 0 Å². The second-order valence-electron chi connectivity index (χ2n) is 4.23. The quantitative estimate of drug-likeness (QED) is 0.375. The van der Waals surface area contributed by atoms with Crippen LogP contribution >= 0.6 is 0 Å². The second kappa shape index (κ2) is 6.20. The molecule has 6 nitrogen and oxygen atoms in total. The van der Waals surface area contributed by atoms with Crippen molar-refractivity contribution in [2.75, 3.05) is 0 Å². The maximum atomic E-state index is 12.1. The number of guanidine groups is 1. The third kappa shape index (κ3) is 4.60. The van der Waals surface area contributed by atoms with Crippen molar-refractivity contribution in [1.82, 2.24) is 10.0 Å². The Balaban J connectivity index is 3.01. The first-order valence-electron chi connectivity index (χ1n) is 5.67. The predicted octanol–water partition coefficient (Wildman–Crippen LogP) is 1.11. The SMILES string of the molecule is Cc1ccc(S(=O)(=O)NC(=NC(C)C)NC#N)cc1. The Morgan fingerprint density at radius 2 is 1.89 bits per heavy atom. The van der Waals surface area contributed by atoms with Gasteiger partial charge in [0.2, 0.25) is 5.96 Å². The summed E-state index contributed by atoms with van der Waals surface area (Å²) >= 11 is 0. The maximum absolute atomic E-state index is 12.1. The Labute approximate surface area is 113 Å². The van der Waals surface area contributed by atoms with Crippen molar-refractivity contribution in [2.45, 2.75) is 31.7 Å². The van der Waals surface area contributed by atoms with E-state index in [0.29, 0.717) is 0 Å². The van der Waals surface area contributed by atoms with E-state index in [0.717, 1.165) is 5.56 Å². The standard InChI is InChI=1S/C12H16N4O2S/c1-9(2)15-12(14-8-13)16-19(17,18)11-6-4-10(3)5-7-11/h4-7,9H,1-3H3,(H2,14,15,16). The first-order chi connectivity index (χ1) is 8.85. The zero-order valence-electron chi connectivity index (χ0n) is 11.0. The van der Waals surface area contributed by atoms with Gasteiger partial charge < -0.3 is 0 Å². The predicted molar refractivity (Wildman–Crippen MR) is 72.8 cm³/mol. The lowest BCUT2D eigenvalue weighted by Gasteiger charge is -2.10. The maximum Gasteiger partial charge on any atom is 0.264 e. The highest BCUT2D eigenvalue weighted by molar-refractivity contribution is 7.90. The number of benzene rings is 1. The largest absolute Gasteiger partial charge is 0.264 e. The zero-order chi connectivity index (χ0) is 14.5. The summed E-state index contributed by atoms with van der Waals surface area (Å²) in [4.78, 5) is 4.11. The van der Waals surface area contributed by atoms with Gasteiger partial charge in [-0.1, -0.05) is 17.7 Å². The molecule has 0 heterocycles. The van der Waals surface area contributed by atoms with Crippen LogP contribution in [0.4, 0.5) is 0 Å². The van der Waals surface area contributed by atoms with E-state index in [4.69, 9.17) is 5.26 Å². The van der Waals surface area contributed by atoms with Crippen LogP contribution in [0.1, 0.15) is 19.4 Å². The summed E-state index contributed by atoms with van der Waals surface area (Å²) in [7, 11) is -3.74. The molecular weight excluding hydrogens is 264 g/mol. The molecule has 0 spiro atoms. The number of nitriles is 1. The van der Waals surface area contributed by atoms with Crippen molar-refractivity contribution in [3.63, 3.8) is 0 Å². The number of rotatable bonds is 3. The molecule has 0 atom stereocenters. The molecule has 0 saturated heterocycles. The van der Waals surface area contributed by atoms with E-state index in [-0.39, 0.29) is 16.9 Å². The van der Waals surface area contributed by atoms with Crippen molar-refractivity contribution in [1.29, 1.82) is 5.26 Å². The number of sulfonamides is 1. The summed E-state index contributed by atoms with van der Waals surface area (Å²) in [5, 5.41) is 10.8. The summed E-state index contributed by atoms with van der Waals surface area (Å²) in [6, 6.07) is 6.25. The minimum absolute atomic E-state index is 0.0851. The molecule has 0 saturated carbocycles. The van der Waals surface area contributed by atoms with E-state index in [9.17, 15) is 8.42 Å². The third-order valence-electron chi connectivity index (χ3n) is 2.12. The highest BCUT2D eigenvalue weighted by Crippen LogP contribution is 2.09. The molecule has 0 fully saturated rings. The average molecular weight is 280 g/mol. The zero-order valence-corrected chi connectivity index (χ0v) is 11.8. The van der Waals surface area contributed by atoms with Crippen LogP contribution in [0.15, 0.2) is 34.2 Å². The second-order valence-corrected chi connectivity index (χ2v) is 5.91. The Hall–Kier alpha value is -2.07. The molecule has 7 heteroatoms. The van der Waals surface area contributed by atoms with E-state index in [1.165, 1.54) is 12.1 Å². The van der Waals surface area contributed by atoms with Gasteiger partial charge in [-0.05, 0) is 32.9 Å². The summed E-state index contributed by atoms with van der Waals surface area (Å²) in [5.74, 6) is -0.0851. The van der Waals surface area contributed by atoms with Crippen LogP contribution in [-0.2, 0) is 10.0 Å². The first-order valence-corrected chi connectivity index (χ1v) is 7.16. The number of aliphatic imine (C=N–C) groups is 1. The normalized spacial score (nSPS) is 12.1. The van der Waals surface area contributed by atoms with Crippen molar-refractivity contribution >= 4 is 16.0 Å². The van der Waals surface area contributed by atoms with Crippen LogP contribution in [0.3, 0.4) is 0 Å². The van der Waals surface area contributed by atoms with Gasteiger partial charge in [-0.2, -0.15) is 5.26 Å². The summed E-state index contributed by atoms with van der Waals surface area (Å²) < 4.78 is 26.4. The van der Waals surface area contributed by atoms with E-state index in [2.05, 4.69) is 15.0 Å². The van der Waals surface area contributed by atoms with Crippen molar-refractivity contribution in [2.24, 2.45) is 4.99 Å².